The van der Waals surface area contributed by atoms with Crippen molar-refractivity contribution < 1.29 is 0 Å². The standard InChI is InChI=1S/C15H15N5S2/c1-9-2-4-10(5-3-9)14-18-11(7-21-14)8-22-15-19-12(16)6-13(17)20-15/h2-7H,8H2,1H3,(H4,16,17,19,20). The van der Waals surface area contributed by atoms with Crippen LogP contribution in [0.1, 0.15) is 11.3 Å². The normalized spacial score (nSPS) is 10.8. The maximum absolute atomic E-state index is 5.66. The molecule has 0 fully saturated rings. The zero-order valence-corrected chi connectivity index (χ0v) is 13.6. The Morgan fingerprint density at radius 2 is 1.73 bits per heavy atom. The molecule has 0 saturated heterocycles. The lowest BCUT2D eigenvalue weighted by molar-refractivity contribution is 0.982. The highest BCUT2D eigenvalue weighted by molar-refractivity contribution is 7.98. The Morgan fingerprint density at radius 3 is 2.41 bits per heavy atom. The molecule has 4 N–H and O–H groups in total. The number of thioether (sulfide) groups is 1. The summed E-state index contributed by atoms with van der Waals surface area (Å²) in [6.07, 6.45) is 0. The number of benzene rings is 1. The molecule has 0 aliphatic carbocycles. The van der Waals surface area contributed by atoms with Crippen LogP contribution in [0.4, 0.5) is 11.6 Å². The SMILES string of the molecule is Cc1ccc(-c2nc(CSc3nc(N)cc(N)n3)cs2)cc1. The first-order valence-electron chi connectivity index (χ1n) is 6.64. The number of nitrogens with zero attached hydrogens (tertiary/aromatic N) is 3. The van der Waals surface area contributed by atoms with Gasteiger partial charge in [0.05, 0.1) is 5.69 Å². The number of nitrogens with two attached hydrogens (primary N) is 2. The first-order chi connectivity index (χ1) is 10.6. The summed E-state index contributed by atoms with van der Waals surface area (Å²) in [5.41, 5.74) is 14.7. The smallest absolute Gasteiger partial charge is 0.191 e. The summed E-state index contributed by atoms with van der Waals surface area (Å²) in [6, 6.07) is 9.91. The van der Waals surface area contributed by atoms with E-state index in [2.05, 4.69) is 51.5 Å². The molecule has 0 aliphatic rings. The van der Waals surface area contributed by atoms with Crippen molar-refractivity contribution in [3.63, 3.8) is 0 Å². The van der Waals surface area contributed by atoms with Crippen LogP contribution in [-0.4, -0.2) is 15.0 Å². The van der Waals surface area contributed by atoms with E-state index >= 15 is 0 Å². The van der Waals surface area contributed by atoms with Gasteiger partial charge in [-0.15, -0.1) is 11.3 Å². The van der Waals surface area contributed by atoms with Crippen LogP contribution in [0.2, 0.25) is 0 Å². The van der Waals surface area contributed by atoms with Crippen molar-refractivity contribution in [3.8, 4) is 10.6 Å². The molecule has 7 heteroatoms. The summed E-state index contributed by atoms with van der Waals surface area (Å²) in [4.78, 5) is 12.9. The van der Waals surface area contributed by atoms with Gasteiger partial charge in [-0.3, -0.25) is 0 Å². The van der Waals surface area contributed by atoms with Crippen LogP contribution in [0.15, 0.2) is 40.9 Å². The molecule has 0 radical (unpaired) electrons. The van der Waals surface area contributed by atoms with Gasteiger partial charge in [-0.1, -0.05) is 41.6 Å². The van der Waals surface area contributed by atoms with Crippen LogP contribution in [0, 0.1) is 6.92 Å². The van der Waals surface area contributed by atoms with Gasteiger partial charge < -0.3 is 11.5 Å². The Kier molecular flexibility index (Phi) is 4.26. The summed E-state index contributed by atoms with van der Waals surface area (Å²) in [7, 11) is 0. The fourth-order valence-electron chi connectivity index (χ4n) is 1.87. The van der Waals surface area contributed by atoms with Crippen molar-refractivity contribution in [1.82, 2.24) is 15.0 Å². The molecule has 2 heterocycles. The van der Waals surface area contributed by atoms with E-state index in [1.807, 2.05) is 0 Å². The van der Waals surface area contributed by atoms with E-state index < -0.39 is 0 Å². The van der Waals surface area contributed by atoms with Crippen molar-refractivity contribution in [1.29, 1.82) is 0 Å². The molecule has 2 aromatic heterocycles. The molecule has 112 valence electrons. The Labute approximate surface area is 136 Å². The second kappa shape index (κ2) is 6.33. The second-order valence-corrected chi connectivity index (χ2v) is 6.60. The zero-order valence-electron chi connectivity index (χ0n) is 12.0. The molecule has 1 aromatic carbocycles. The van der Waals surface area contributed by atoms with Crippen LogP contribution in [0.5, 0.6) is 0 Å². The van der Waals surface area contributed by atoms with Crippen molar-refractivity contribution in [3.05, 3.63) is 47.0 Å². The van der Waals surface area contributed by atoms with Gasteiger partial charge >= 0.3 is 0 Å². The number of hydrogen-bond donors (Lipinski definition) is 2. The third-order valence-corrected chi connectivity index (χ3v) is 4.77. The molecule has 0 spiro atoms. The van der Waals surface area contributed by atoms with Crippen LogP contribution in [0.25, 0.3) is 10.6 Å². The largest absolute Gasteiger partial charge is 0.383 e. The highest BCUT2D eigenvalue weighted by Gasteiger charge is 2.07. The van der Waals surface area contributed by atoms with Gasteiger partial charge in [0.1, 0.15) is 16.6 Å². The highest BCUT2D eigenvalue weighted by Crippen LogP contribution is 2.27. The van der Waals surface area contributed by atoms with Gasteiger partial charge in [0, 0.05) is 22.8 Å². The number of anilines is 2. The van der Waals surface area contributed by atoms with Gasteiger partial charge in [-0.2, -0.15) is 0 Å². The number of aromatic nitrogens is 3. The van der Waals surface area contributed by atoms with Crippen molar-refractivity contribution in [2.45, 2.75) is 17.8 Å². The Hall–Kier alpha value is -2.12. The van der Waals surface area contributed by atoms with E-state index in [0.717, 1.165) is 16.3 Å². The summed E-state index contributed by atoms with van der Waals surface area (Å²) >= 11 is 3.11. The van der Waals surface area contributed by atoms with Crippen LogP contribution >= 0.6 is 23.1 Å². The Bertz CT molecular complexity index is 763. The fraction of sp³-hybridized carbons (Fsp3) is 0.133. The van der Waals surface area contributed by atoms with E-state index in [0.29, 0.717) is 22.5 Å². The predicted octanol–water partition coefficient (Wildman–Crippen LogP) is 3.37. The molecule has 0 amide bonds. The Morgan fingerprint density at radius 1 is 1.05 bits per heavy atom. The molecular formula is C15H15N5S2. The number of nitrogen functional groups attached to an aromatic ring is 2. The van der Waals surface area contributed by atoms with Crippen molar-refractivity contribution >= 4 is 34.7 Å². The van der Waals surface area contributed by atoms with Crippen LogP contribution < -0.4 is 11.5 Å². The van der Waals surface area contributed by atoms with Crippen LogP contribution in [-0.2, 0) is 5.75 Å². The Balaban J connectivity index is 1.70. The summed E-state index contributed by atoms with van der Waals surface area (Å²) in [5.74, 6) is 1.45. The molecule has 3 aromatic rings. The molecule has 3 rings (SSSR count). The van der Waals surface area contributed by atoms with E-state index in [9.17, 15) is 0 Å². The third-order valence-electron chi connectivity index (χ3n) is 2.94. The maximum Gasteiger partial charge on any atom is 0.191 e. The minimum atomic E-state index is 0.383. The van der Waals surface area contributed by atoms with E-state index in [-0.39, 0.29) is 0 Å². The monoisotopic (exact) mass is 329 g/mol. The summed E-state index contributed by atoms with van der Waals surface area (Å²) in [6.45, 7) is 2.07. The van der Waals surface area contributed by atoms with Gasteiger partial charge in [-0.25, -0.2) is 15.0 Å². The molecule has 22 heavy (non-hydrogen) atoms. The molecule has 0 atom stereocenters. The highest BCUT2D eigenvalue weighted by atomic mass is 32.2. The number of thiazole rings is 1. The molecule has 0 saturated carbocycles. The molecule has 5 nitrogen and oxygen atoms in total. The van der Waals surface area contributed by atoms with E-state index in [1.165, 1.54) is 17.3 Å². The van der Waals surface area contributed by atoms with E-state index in [1.54, 1.807) is 17.4 Å². The predicted molar refractivity (Wildman–Crippen MR) is 92.7 cm³/mol. The molecule has 0 bridgehead atoms. The van der Waals surface area contributed by atoms with Crippen molar-refractivity contribution in [2.75, 3.05) is 11.5 Å². The first-order valence-corrected chi connectivity index (χ1v) is 8.51. The maximum atomic E-state index is 5.66. The van der Waals surface area contributed by atoms with Gasteiger partial charge in [0.15, 0.2) is 5.16 Å². The average Bonchev–Trinajstić information content (AvgIpc) is 2.94. The van der Waals surface area contributed by atoms with Gasteiger partial charge in [0.25, 0.3) is 0 Å². The minimum absolute atomic E-state index is 0.383. The number of hydrogen-bond acceptors (Lipinski definition) is 7. The van der Waals surface area contributed by atoms with Crippen LogP contribution in [0.3, 0.4) is 0 Å². The molecule has 0 aliphatic heterocycles. The molecule has 0 unspecified atom stereocenters. The number of rotatable bonds is 4. The number of aryl methyl sites for hydroxylation is 1. The summed E-state index contributed by atoms with van der Waals surface area (Å²) in [5, 5.41) is 3.64. The quantitative estimate of drug-likeness (QED) is 0.563. The van der Waals surface area contributed by atoms with Crippen molar-refractivity contribution in [2.24, 2.45) is 0 Å². The van der Waals surface area contributed by atoms with Gasteiger partial charge in [-0.05, 0) is 6.92 Å². The zero-order chi connectivity index (χ0) is 15.5. The van der Waals surface area contributed by atoms with E-state index in [4.69, 9.17) is 11.5 Å². The topological polar surface area (TPSA) is 90.7 Å². The minimum Gasteiger partial charge on any atom is -0.383 e. The molecular weight excluding hydrogens is 314 g/mol. The summed E-state index contributed by atoms with van der Waals surface area (Å²) < 4.78 is 0. The average molecular weight is 329 g/mol. The first kappa shape index (κ1) is 14.8. The lowest BCUT2D eigenvalue weighted by Gasteiger charge is -2.01. The lowest BCUT2D eigenvalue weighted by Crippen LogP contribution is -1.99. The third kappa shape index (κ3) is 3.55. The lowest BCUT2D eigenvalue weighted by atomic mass is 10.2. The second-order valence-electron chi connectivity index (χ2n) is 4.80. The fourth-order valence-corrected chi connectivity index (χ4v) is 3.56. The van der Waals surface area contributed by atoms with Gasteiger partial charge in [0.2, 0.25) is 0 Å².